The number of nitrogens with one attached hydrogen (secondary N) is 1. The standard InChI is InChI=1S/C11H17N3O3/c1-8(7-15)3-2-5-12-11-13-6-4-9(14-11)10(16)17/h4,6,8,15H,2-3,5,7H2,1H3,(H,16,17)(H,12,13,14). The summed E-state index contributed by atoms with van der Waals surface area (Å²) in [5.41, 5.74) is -0.0220. The molecule has 94 valence electrons. The lowest BCUT2D eigenvalue weighted by molar-refractivity contribution is 0.0690. The van der Waals surface area contributed by atoms with Crippen LogP contribution in [-0.4, -0.2) is 39.3 Å². The molecule has 0 amide bonds. The van der Waals surface area contributed by atoms with Crippen molar-refractivity contribution in [1.82, 2.24) is 9.97 Å². The highest BCUT2D eigenvalue weighted by Gasteiger charge is 2.05. The molecule has 0 aliphatic carbocycles. The minimum Gasteiger partial charge on any atom is -0.477 e. The first-order chi connectivity index (χ1) is 8.13. The number of aliphatic hydroxyl groups excluding tert-OH is 1. The first-order valence-electron chi connectivity index (χ1n) is 5.54. The second-order valence-corrected chi connectivity index (χ2v) is 3.93. The third kappa shape index (κ3) is 4.78. The summed E-state index contributed by atoms with van der Waals surface area (Å²) in [7, 11) is 0. The number of hydrogen-bond acceptors (Lipinski definition) is 5. The molecule has 17 heavy (non-hydrogen) atoms. The Morgan fingerprint density at radius 2 is 2.35 bits per heavy atom. The molecular formula is C11H17N3O3. The number of carboxylic acids is 1. The molecule has 1 aromatic heterocycles. The van der Waals surface area contributed by atoms with E-state index in [0.29, 0.717) is 12.5 Å². The molecule has 0 spiro atoms. The fraction of sp³-hybridized carbons (Fsp3) is 0.545. The van der Waals surface area contributed by atoms with E-state index in [-0.39, 0.29) is 18.2 Å². The molecule has 1 aromatic rings. The fourth-order valence-corrected chi connectivity index (χ4v) is 1.30. The maximum absolute atomic E-state index is 10.7. The van der Waals surface area contributed by atoms with Crippen LogP contribution in [0.5, 0.6) is 0 Å². The van der Waals surface area contributed by atoms with Crippen LogP contribution in [0.25, 0.3) is 0 Å². The van der Waals surface area contributed by atoms with Gasteiger partial charge in [-0.2, -0.15) is 0 Å². The van der Waals surface area contributed by atoms with E-state index in [1.807, 2.05) is 6.92 Å². The third-order valence-electron chi connectivity index (χ3n) is 2.34. The minimum atomic E-state index is -1.07. The molecular weight excluding hydrogens is 222 g/mol. The van der Waals surface area contributed by atoms with Crippen molar-refractivity contribution in [2.45, 2.75) is 19.8 Å². The molecule has 0 aliphatic rings. The minimum absolute atomic E-state index is 0.0220. The summed E-state index contributed by atoms with van der Waals surface area (Å²) in [6.07, 6.45) is 3.19. The van der Waals surface area contributed by atoms with E-state index >= 15 is 0 Å². The van der Waals surface area contributed by atoms with E-state index in [9.17, 15) is 4.79 Å². The maximum atomic E-state index is 10.7. The van der Waals surface area contributed by atoms with Crippen molar-refractivity contribution in [3.05, 3.63) is 18.0 Å². The average molecular weight is 239 g/mol. The third-order valence-corrected chi connectivity index (χ3v) is 2.34. The molecule has 1 atom stereocenters. The normalized spacial score (nSPS) is 12.1. The number of anilines is 1. The quantitative estimate of drug-likeness (QED) is 0.614. The zero-order valence-corrected chi connectivity index (χ0v) is 9.76. The van der Waals surface area contributed by atoms with Crippen molar-refractivity contribution >= 4 is 11.9 Å². The Morgan fingerprint density at radius 3 is 3.00 bits per heavy atom. The molecule has 0 bridgehead atoms. The molecule has 1 unspecified atom stereocenters. The Labute approximate surface area is 99.7 Å². The van der Waals surface area contributed by atoms with E-state index in [1.54, 1.807) is 0 Å². The lowest BCUT2D eigenvalue weighted by Gasteiger charge is -2.08. The van der Waals surface area contributed by atoms with Gasteiger partial charge in [-0.1, -0.05) is 6.92 Å². The number of nitrogens with zero attached hydrogens (tertiary/aromatic N) is 2. The van der Waals surface area contributed by atoms with Crippen molar-refractivity contribution < 1.29 is 15.0 Å². The number of aromatic carboxylic acids is 1. The molecule has 6 nitrogen and oxygen atoms in total. The highest BCUT2D eigenvalue weighted by Crippen LogP contribution is 2.05. The van der Waals surface area contributed by atoms with Gasteiger partial charge in [-0.05, 0) is 24.8 Å². The molecule has 0 aliphatic heterocycles. The molecule has 3 N–H and O–H groups in total. The lowest BCUT2D eigenvalue weighted by Crippen LogP contribution is -2.10. The monoisotopic (exact) mass is 239 g/mol. The molecule has 0 aromatic carbocycles. The molecule has 1 heterocycles. The largest absolute Gasteiger partial charge is 0.477 e. The Bertz CT molecular complexity index is 371. The van der Waals surface area contributed by atoms with E-state index in [2.05, 4.69) is 15.3 Å². The van der Waals surface area contributed by atoms with Crippen LogP contribution < -0.4 is 5.32 Å². The van der Waals surface area contributed by atoms with Crippen molar-refractivity contribution in [3.63, 3.8) is 0 Å². The van der Waals surface area contributed by atoms with Crippen LogP contribution >= 0.6 is 0 Å². The molecule has 0 radical (unpaired) electrons. The molecule has 0 fully saturated rings. The molecule has 1 rings (SSSR count). The molecule has 6 heteroatoms. The summed E-state index contributed by atoms with van der Waals surface area (Å²) in [6.45, 7) is 2.82. The van der Waals surface area contributed by atoms with Crippen LogP contribution in [0, 0.1) is 5.92 Å². The van der Waals surface area contributed by atoms with Crippen LogP contribution in [0.15, 0.2) is 12.3 Å². The van der Waals surface area contributed by atoms with E-state index in [4.69, 9.17) is 10.2 Å². The first-order valence-corrected chi connectivity index (χ1v) is 5.54. The van der Waals surface area contributed by atoms with Gasteiger partial charge >= 0.3 is 5.97 Å². The van der Waals surface area contributed by atoms with Gasteiger partial charge in [0.25, 0.3) is 0 Å². The Hall–Kier alpha value is -1.69. The summed E-state index contributed by atoms with van der Waals surface area (Å²) in [5, 5.41) is 20.5. The Balaban J connectivity index is 2.36. The van der Waals surface area contributed by atoms with Crippen molar-refractivity contribution in [2.75, 3.05) is 18.5 Å². The average Bonchev–Trinajstić information content (AvgIpc) is 2.34. The number of carboxylic acid groups (broad SMARTS) is 1. The van der Waals surface area contributed by atoms with Gasteiger partial charge in [0.1, 0.15) is 0 Å². The van der Waals surface area contributed by atoms with Gasteiger partial charge < -0.3 is 15.5 Å². The topological polar surface area (TPSA) is 95.3 Å². The highest BCUT2D eigenvalue weighted by molar-refractivity contribution is 5.85. The lowest BCUT2D eigenvalue weighted by atomic mass is 10.1. The fourth-order valence-electron chi connectivity index (χ4n) is 1.30. The zero-order valence-electron chi connectivity index (χ0n) is 9.76. The summed E-state index contributed by atoms with van der Waals surface area (Å²) in [6, 6.07) is 1.35. The van der Waals surface area contributed by atoms with Gasteiger partial charge in [0.15, 0.2) is 5.69 Å². The Kier molecular flexibility index (Phi) is 5.35. The number of rotatable bonds is 7. The van der Waals surface area contributed by atoms with Crippen molar-refractivity contribution in [2.24, 2.45) is 5.92 Å². The SMILES string of the molecule is CC(CO)CCCNc1nccc(C(=O)O)n1. The smallest absolute Gasteiger partial charge is 0.354 e. The highest BCUT2D eigenvalue weighted by atomic mass is 16.4. The van der Waals surface area contributed by atoms with Gasteiger partial charge in [-0.3, -0.25) is 0 Å². The van der Waals surface area contributed by atoms with Crippen LogP contribution in [-0.2, 0) is 0 Å². The van der Waals surface area contributed by atoms with Gasteiger partial charge in [-0.25, -0.2) is 14.8 Å². The second kappa shape index (κ2) is 6.80. The first kappa shape index (κ1) is 13.4. The number of aromatic nitrogens is 2. The van der Waals surface area contributed by atoms with Crippen LogP contribution in [0.1, 0.15) is 30.3 Å². The predicted octanol–water partition coefficient (Wildman–Crippen LogP) is 0.995. The zero-order chi connectivity index (χ0) is 12.7. The summed E-state index contributed by atoms with van der Waals surface area (Å²) in [5.74, 6) is -0.464. The summed E-state index contributed by atoms with van der Waals surface area (Å²) >= 11 is 0. The summed E-state index contributed by atoms with van der Waals surface area (Å²) in [4.78, 5) is 18.4. The van der Waals surface area contributed by atoms with Crippen molar-refractivity contribution in [1.29, 1.82) is 0 Å². The van der Waals surface area contributed by atoms with Crippen molar-refractivity contribution in [3.8, 4) is 0 Å². The van der Waals surface area contributed by atoms with Crippen LogP contribution in [0.2, 0.25) is 0 Å². The Morgan fingerprint density at radius 1 is 1.59 bits per heavy atom. The second-order valence-electron chi connectivity index (χ2n) is 3.93. The summed E-state index contributed by atoms with van der Waals surface area (Å²) < 4.78 is 0. The van der Waals surface area contributed by atoms with E-state index < -0.39 is 5.97 Å². The molecule has 0 saturated heterocycles. The maximum Gasteiger partial charge on any atom is 0.354 e. The molecule has 0 saturated carbocycles. The van der Waals surface area contributed by atoms with Gasteiger partial charge in [0.05, 0.1) is 0 Å². The van der Waals surface area contributed by atoms with Crippen LogP contribution in [0.4, 0.5) is 5.95 Å². The number of carbonyl (C=O) groups is 1. The number of aliphatic hydroxyl groups is 1. The van der Waals surface area contributed by atoms with Gasteiger partial charge in [0, 0.05) is 19.3 Å². The van der Waals surface area contributed by atoms with Gasteiger partial charge in [0.2, 0.25) is 5.95 Å². The van der Waals surface area contributed by atoms with E-state index in [0.717, 1.165) is 12.8 Å². The van der Waals surface area contributed by atoms with Gasteiger partial charge in [-0.15, -0.1) is 0 Å². The van der Waals surface area contributed by atoms with Crippen LogP contribution in [0.3, 0.4) is 0 Å². The van der Waals surface area contributed by atoms with E-state index in [1.165, 1.54) is 12.3 Å². The predicted molar refractivity (Wildman–Crippen MR) is 63.0 cm³/mol. The number of hydrogen-bond donors (Lipinski definition) is 3.